The number of rotatable bonds is 7. The van der Waals surface area contributed by atoms with Gasteiger partial charge in [0.2, 0.25) is 0 Å². The molecule has 0 aromatic rings. The molecule has 1 aliphatic rings. The van der Waals surface area contributed by atoms with Gasteiger partial charge in [0, 0.05) is 37.8 Å². The summed E-state index contributed by atoms with van der Waals surface area (Å²) in [6.45, 7) is 12.9. The van der Waals surface area contributed by atoms with Gasteiger partial charge in [-0.2, -0.15) is 0 Å². The average Bonchev–Trinajstić information content (AvgIpc) is 2.61. The minimum atomic E-state index is 0.140. The minimum Gasteiger partial charge on any atom is -0.329 e. The zero-order valence-electron chi connectivity index (χ0n) is 12.0. The first-order valence-corrected chi connectivity index (χ1v) is 6.94. The third-order valence-electron chi connectivity index (χ3n) is 4.20. The molecular formula is C13H30N4. The first kappa shape index (κ1) is 14.9. The van der Waals surface area contributed by atoms with E-state index in [-0.39, 0.29) is 5.54 Å². The summed E-state index contributed by atoms with van der Waals surface area (Å²) in [5.74, 6) is 0. The third-order valence-corrected chi connectivity index (χ3v) is 4.20. The molecule has 0 aromatic heterocycles. The molecule has 1 rings (SSSR count). The minimum absolute atomic E-state index is 0.140. The van der Waals surface area contributed by atoms with E-state index in [2.05, 4.69) is 42.9 Å². The predicted octanol–water partition coefficient (Wildman–Crippen LogP) is 0.339. The van der Waals surface area contributed by atoms with E-state index in [4.69, 9.17) is 5.73 Å². The monoisotopic (exact) mass is 242 g/mol. The van der Waals surface area contributed by atoms with Crippen molar-refractivity contribution in [1.29, 1.82) is 0 Å². The Morgan fingerprint density at radius 2 is 2.06 bits per heavy atom. The lowest BCUT2D eigenvalue weighted by Gasteiger charge is -2.30. The summed E-state index contributed by atoms with van der Waals surface area (Å²) < 4.78 is 0. The maximum atomic E-state index is 5.97. The Morgan fingerprint density at radius 3 is 2.47 bits per heavy atom. The van der Waals surface area contributed by atoms with Crippen LogP contribution < -0.4 is 11.1 Å². The van der Waals surface area contributed by atoms with E-state index in [0.29, 0.717) is 6.04 Å². The van der Waals surface area contributed by atoms with Crippen LogP contribution >= 0.6 is 0 Å². The lowest BCUT2D eigenvalue weighted by atomic mass is 9.96. The third kappa shape index (κ3) is 3.91. The molecule has 1 fully saturated rings. The molecule has 1 saturated heterocycles. The summed E-state index contributed by atoms with van der Waals surface area (Å²) in [5.41, 5.74) is 6.11. The fourth-order valence-corrected chi connectivity index (χ4v) is 2.79. The Morgan fingerprint density at radius 1 is 1.41 bits per heavy atom. The molecule has 1 aliphatic heterocycles. The molecular weight excluding hydrogens is 212 g/mol. The van der Waals surface area contributed by atoms with Crippen LogP contribution in [0.2, 0.25) is 0 Å². The highest BCUT2D eigenvalue weighted by molar-refractivity contribution is 5.00. The average molecular weight is 242 g/mol. The van der Waals surface area contributed by atoms with Crippen molar-refractivity contribution in [2.75, 3.05) is 46.3 Å². The van der Waals surface area contributed by atoms with E-state index < -0.39 is 0 Å². The molecule has 2 unspecified atom stereocenters. The van der Waals surface area contributed by atoms with Crippen LogP contribution in [0.4, 0.5) is 0 Å². The Hall–Kier alpha value is -0.160. The molecule has 2 atom stereocenters. The molecule has 0 aliphatic carbocycles. The summed E-state index contributed by atoms with van der Waals surface area (Å²) in [5, 5.41) is 3.70. The summed E-state index contributed by atoms with van der Waals surface area (Å²) in [4.78, 5) is 4.84. The van der Waals surface area contributed by atoms with E-state index in [9.17, 15) is 0 Å². The first-order valence-electron chi connectivity index (χ1n) is 6.94. The maximum Gasteiger partial charge on any atom is 0.0447 e. The van der Waals surface area contributed by atoms with Crippen LogP contribution in [0.1, 0.15) is 27.2 Å². The normalized spacial score (nSPS) is 30.4. The molecule has 1 heterocycles. The van der Waals surface area contributed by atoms with Gasteiger partial charge in [-0.15, -0.1) is 0 Å². The highest BCUT2D eigenvalue weighted by Gasteiger charge is 2.38. The van der Waals surface area contributed by atoms with Gasteiger partial charge in [0.05, 0.1) is 0 Å². The molecule has 0 spiro atoms. The number of hydrogen-bond donors (Lipinski definition) is 2. The molecule has 0 aromatic carbocycles. The number of nitrogens with one attached hydrogen (secondary N) is 1. The molecule has 3 N–H and O–H groups in total. The van der Waals surface area contributed by atoms with Crippen LogP contribution in [0.5, 0.6) is 0 Å². The molecule has 0 amide bonds. The largest absolute Gasteiger partial charge is 0.329 e. The Balaban J connectivity index is 2.38. The summed E-state index contributed by atoms with van der Waals surface area (Å²) in [6.07, 6.45) is 1.16. The fourth-order valence-electron chi connectivity index (χ4n) is 2.79. The standard InChI is InChI=1S/C13H30N4/c1-5-17(6-2)8-7-15-13(10-14)9-12(3)16(4)11-13/h12,15H,5-11,14H2,1-4H3. The first-order chi connectivity index (χ1) is 8.06. The Labute approximate surface area is 107 Å². The van der Waals surface area contributed by atoms with E-state index in [1.54, 1.807) is 0 Å². The molecule has 0 bridgehead atoms. The van der Waals surface area contributed by atoms with Gasteiger partial charge in [-0.05, 0) is 33.5 Å². The lowest BCUT2D eigenvalue weighted by Crippen LogP contribution is -2.54. The Bertz CT molecular complexity index is 205. The van der Waals surface area contributed by atoms with Crippen LogP contribution in [0.15, 0.2) is 0 Å². The number of nitrogens with two attached hydrogens (primary N) is 1. The topological polar surface area (TPSA) is 44.5 Å². The smallest absolute Gasteiger partial charge is 0.0447 e. The van der Waals surface area contributed by atoms with Crippen LogP contribution in [0.25, 0.3) is 0 Å². The fraction of sp³-hybridized carbons (Fsp3) is 1.00. The van der Waals surface area contributed by atoms with Gasteiger partial charge in [0.25, 0.3) is 0 Å². The zero-order chi connectivity index (χ0) is 12.9. The molecule has 4 nitrogen and oxygen atoms in total. The highest BCUT2D eigenvalue weighted by atomic mass is 15.2. The Kier molecular flexibility index (Phi) is 5.86. The van der Waals surface area contributed by atoms with Crippen LogP contribution in [0.3, 0.4) is 0 Å². The summed E-state index contributed by atoms with van der Waals surface area (Å²) in [6, 6.07) is 0.638. The molecule has 17 heavy (non-hydrogen) atoms. The molecule has 102 valence electrons. The van der Waals surface area contributed by atoms with E-state index >= 15 is 0 Å². The van der Waals surface area contributed by atoms with Crippen molar-refractivity contribution in [3.63, 3.8) is 0 Å². The van der Waals surface area contributed by atoms with Gasteiger partial charge in [0.15, 0.2) is 0 Å². The van der Waals surface area contributed by atoms with Gasteiger partial charge in [-0.25, -0.2) is 0 Å². The van der Waals surface area contributed by atoms with Crippen molar-refractivity contribution in [3.05, 3.63) is 0 Å². The zero-order valence-corrected chi connectivity index (χ0v) is 12.0. The summed E-state index contributed by atoms with van der Waals surface area (Å²) >= 11 is 0. The predicted molar refractivity (Wildman–Crippen MR) is 74.3 cm³/mol. The van der Waals surface area contributed by atoms with Crippen LogP contribution in [-0.4, -0.2) is 67.7 Å². The SMILES string of the molecule is CCN(CC)CCNC1(CN)CC(C)N(C)C1. The summed E-state index contributed by atoms with van der Waals surface area (Å²) in [7, 11) is 2.19. The van der Waals surface area contributed by atoms with Gasteiger partial charge in [-0.1, -0.05) is 13.8 Å². The molecule has 4 heteroatoms. The van der Waals surface area contributed by atoms with Crippen molar-refractivity contribution in [1.82, 2.24) is 15.1 Å². The molecule has 0 radical (unpaired) electrons. The second-order valence-corrected chi connectivity index (χ2v) is 5.41. The van der Waals surface area contributed by atoms with Crippen molar-refractivity contribution in [3.8, 4) is 0 Å². The maximum absolute atomic E-state index is 5.97. The van der Waals surface area contributed by atoms with Gasteiger partial charge >= 0.3 is 0 Å². The quantitative estimate of drug-likeness (QED) is 0.676. The molecule has 0 saturated carbocycles. The van der Waals surface area contributed by atoms with E-state index in [1.807, 2.05) is 0 Å². The van der Waals surface area contributed by atoms with E-state index in [0.717, 1.165) is 45.7 Å². The second kappa shape index (κ2) is 6.69. The van der Waals surface area contributed by atoms with Crippen molar-refractivity contribution in [2.45, 2.75) is 38.8 Å². The number of hydrogen-bond acceptors (Lipinski definition) is 4. The van der Waals surface area contributed by atoms with Gasteiger partial charge in [0.1, 0.15) is 0 Å². The number of likely N-dealkylation sites (N-methyl/N-ethyl adjacent to an activating group) is 2. The van der Waals surface area contributed by atoms with Crippen molar-refractivity contribution >= 4 is 0 Å². The van der Waals surface area contributed by atoms with Crippen molar-refractivity contribution < 1.29 is 0 Å². The van der Waals surface area contributed by atoms with Gasteiger partial charge < -0.3 is 20.9 Å². The number of nitrogens with zero attached hydrogens (tertiary/aromatic N) is 2. The van der Waals surface area contributed by atoms with Crippen LogP contribution in [-0.2, 0) is 0 Å². The van der Waals surface area contributed by atoms with E-state index in [1.165, 1.54) is 0 Å². The van der Waals surface area contributed by atoms with Crippen LogP contribution in [0, 0.1) is 0 Å². The lowest BCUT2D eigenvalue weighted by molar-refractivity contribution is 0.264. The van der Waals surface area contributed by atoms with Gasteiger partial charge in [-0.3, -0.25) is 0 Å². The number of likely N-dealkylation sites (tertiary alicyclic amines) is 1. The second-order valence-electron chi connectivity index (χ2n) is 5.41. The highest BCUT2D eigenvalue weighted by Crippen LogP contribution is 2.24. The van der Waals surface area contributed by atoms with Crippen molar-refractivity contribution in [2.24, 2.45) is 5.73 Å².